The van der Waals surface area contributed by atoms with Crippen LogP contribution in [0.2, 0.25) is 0 Å². The maximum atomic E-state index is 11.9. The molecule has 1 rings (SSSR count). The van der Waals surface area contributed by atoms with E-state index in [4.69, 9.17) is 5.73 Å². The minimum absolute atomic E-state index is 0.307. The van der Waals surface area contributed by atoms with Gasteiger partial charge < -0.3 is 10.9 Å². The summed E-state index contributed by atoms with van der Waals surface area (Å²) in [5.41, 5.74) is 6.07. The lowest BCUT2D eigenvalue weighted by molar-refractivity contribution is -0.448. The third kappa shape index (κ3) is 3.66. The highest BCUT2D eigenvalue weighted by atomic mass is 79.9. The first-order valence-corrected chi connectivity index (χ1v) is 7.14. The van der Waals surface area contributed by atoms with Gasteiger partial charge in [0.2, 0.25) is 0 Å². The van der Waals surface area contributed by atoms with Gasteiger partial charge in [-0.1, -0.05) is 4.86 Å². The summed E-state index contributed by atoms with van der Waals surface area (Å²) < 4.78 is 2.13. The van der Waals surface area contributed by atoms with Crippen LogP contribution in [-0.2, 0) is 0 Å². The summed E-state index contributed by atoms with van der Waals surface area (Å²) in [6.45, 7) is 5.53. The van der Waals surface area contributed by atoms with Gasteiger partial charge in [-0.2, -0.15) is 0 Å². The van der Waals surface area contributed by atoms with E-state index in [-0.39, 0.29) is 0 Å². The number of rotatable bonds is 1. The Morgan fingerprint density at radius 3 is 2.24 bits per heavy atom. The lowest BCUT2D eigenvalue weighted by atomic mass is 10.1. The van der Waals surface area contributed by atoms with Gasteiger partial charge in [0, 0.05) is 15.0 Å². The van der Waals surface area contributed by atoms with E-state index in [0.29, 0.717) is 20.7 Å². The summed E-state index contributed by atoms with van der Waals surface area (Å²) in [7, 11) is 0. The van der Waals surface area contributed by atoms with Crippen LogP contribution in [0.4, 0.5) is 11.4 Å². The van der Waals surface area contributed by atoms with Gasteiger partial charge in [-0.25, -0.2) is 0 Å². The zero-order chi connectivity index (χ0) is 13.4. The van der Waals surface area contributed by atoms with E-state index in [9.17, 15) is 5.21 Å². The van der Waals surface area contributed by atoms with Crippen LogP contribution >= 0.6 is 47.8 Å². The van der Waals surface area contributed by atoms with Crippen molar-refractivity contribution in [1.29, 1.82) is 0 Å². The molecule has 0 spiro atoms. The molecule has 2 N–H and O–H groups in total. The SMILES string of the molecule is CC(C)(C)N=[N+]([O-])c1cc(Br)c(Br)c(Br)c1N. The van der Waals surface area contributed by atoms with E-state index in [1.807, 2.05) is 20.8 Å². The maximum absolute atomic E-state index is 11.9. The Morgan fingerprint density at radius 1 is 1.24 bits per heavy atom. The smallest absolute Gasteiger partial charge is 0.269 e. The second-order valence-electron chi connectivity index (χ2n) is 4.46. The Morgan fingerprint density at radius 2 is 1.76 bits per heavy atom. The van der Waals surface area contributed by atoms with Crippen molar-refractivity contribution < 1.29 is 4.86 Å². The van der Waals surface area contributed by atoms with Crippen LogP contribution in [-0.4, -0.2) is 10.4 Å². The van der Waals surface area contributed by atoms with Crippen LogP contribution < -0.4 is 5.73 Å². The molecule has 0 heterocycles. The van der Waals surface area contributed by atoms with Crippen molar-refractivity contribution in [2.75, 3.05) is 5.73 Å². The summed E-state index contributed by atoms with van der Waals surface area (Å²) in [5, 5.41) is 15.9. The molecule has 4 nitrogen and oxygen atoms in total. The predicted molar refractivity (Wildman–Crippen MR) is 79.4 cm³/mol. The van der Waals surface area contributed by atoms with E-state index < -0.39 is 5.54 Å². The highest BCUT2D eigenvalue weighted by Gasteiger charge is 2.21. The molecule has 94 valence electrons. The second kappa shape index (κ2) is 5.24. The fourth-order valence-electron chi connectivity index (χ4n) is 1.08. The Kier molecular flexibility index (Phi) is 4.60. The fraction of sp³-hybridized carbons (Fsp3) is 0.400. The minimum Gasteiger partial charge on any atom is -0.594 e. The third-order valence-electron chi connectivity index (χ3n) is 1.78. The topological polar surface area (TPSA) is 64.5 Å². The van der Waals surface area contributed by atoms with Gasteiger partial charge in [-0.05, 0) is 73.7 Å². The average molecular weight is 430 g/mol. The number of nitrogen functional groups attached to an aromatic ring is 1. The molecule has 1 aromatic rings. The molecule has 1 aromatic carbocycles. The van der Waals surface area contributed by atoms with Crippen molar-refractivity contribution in [3.8, 4) is 0 Å². The quantitative estimate of drug-likeness (QED) is 0.226. The summed E-state index contributed by atoms with van der Waals surface area (Å²) >= 11 is 10.0. The molecule has 0 fully saturated rings. The summed E-state index contributed by atoms with van der Waals surface area (Å²) in [6.07, 6.45) is 0. The van der Waals surface area contributed by atoms with Crippen LogP contribution in [0, 0.1) is 5.21 Å². The number of anilines is 1. The van der Waals surface area contributed by atoms with E-state index in [1.54, 1.807) is 6.07 Å². The Balaban J connectivity index is 3.39. The highest BCUT2D eigenvalue weighted by molar-refractivity contribution is 9.14. The Labute approximate surface area is 125 Å². The largest absolute Gasteiger partial charge is 0.594 e. The molecule has 0 bridgehead atoms. The first-order valence-electron chi connectivity index (χ1n) is 4.76. The van der Waals surface area contributed by atoms with Gasteiger partial charge in [0.1, 0.15) is 11.2 Å². The minimum atomic E-state index is -0.458. The van der Waals surface area contributed by atoms with Gasteiger partial charge in [-0.3, -0.25) is 0 Å². The molecule has 0 atom stereocenters. The van der Waals surface area contributed by atoms with Crippen LogP contribution in [0.3, 0.4) is 0 Å². The van der Waals surface area contributed by atoms with Crippen LogP contribution in [0.1, 0.15) is 20.8 Å². The first kappa shape index (κ1) is 14.9. The monoisotopic (exact) mass is 427 g/mol. The molecule has 0 aliphatic heterocycles. The molecule has 17 heavy (non-hydrogen) atoms. The second-order valence-corrected chi connectivity index (χ2v) is 6.90. The average Bonchev–Trinajstić information content (AvgIpc) is 2.17. The van der Waals surface area contributed by atoms with Crippen molar-refractivity contribution in [3.63, 3.8) is 0 Å². The molecule has 0 saturated heterocycles. The normalized spacial score (nSPS) is 12.9. The van der Waals surface area contributed by atoms with Crippen LogP contribution in [0.25, 0.3) is 0 Å². The standard InChI is InChI=1S/C10H12Br3N3O/c1-10(2,3)15-16(17)6-4-5(11)7(12)8(13)9(6)14/h4H,14H2,1-3H3. The van der Waals surface area contributed by atoms with Crippen molar-refractivity contribution in [2.24, 2.45) is 5.11 Å². The zero-order valence-electron chi connectivity index (χ0n) is 9.59. The number of hydrogen-bond acceptors (Lipinski definition) is 3. The molecule has 0 amide bonds. The van der Waals surface area contributed by atoms with E-state index in [1.165, 1.54) is 0 Å². The molecule has 7 heteroatoms. The van der Waals surface area contributed by atoms with Crippen molar-refractivity contribution in [3.05, 3.63) is 24.7 Å². The van der Waals surface area contributed by atoms with Gasteiger partial charge in [-0.15, -0.1) is 0 Å². The van der Waals surface area contributed by atoms with Gasteiger partial charge in [0.15, 0.2) is 0 Å². The fourth-order valence-corrected chi connectivity index (χ4v) is 2.51. The molecular weight excluding hydrogens is 418 g/mol. The lowest BCUT2D eigenvalue weighted by Gasteiger charge is -2.12. The van der Waals surface area contributed by atoms with Gasteiger partial charge in [0.25, 0.3) is 5.69 Å². The predicted octanol–water partition coefficient (Wildman–Crippen LogP) is 4.95. The van der Waals surface area contributed by atoms with Crippen molar-refractivity contribution >= 4 is 59.2 Å². The van der Waals surface area contributed by atoms with Gasteiger partial charge >= 0.3 is 0 Å². The molecule has 0 aliphatic rings. The zero-order valence-corrected chi connectivity index (χ0v) is 14.3. The van der Waals surface area contributed by atoms with E-state index in [0.717, 1.165) is 8.95 Å². The van der Waals surface area contributed by atoms with E-state index in [2.05, 4.69) is 52.9 Å². The summed E-state index contributed by atoms with van der Waals surface area (Å²) in [6, 6.07) is 1.63. The molecule has 0 saturated carbocycles. The van der Waals surface area contributed by atoms with Gasteiger partial charge in [0.05, 0.1) is 4.47 Å². The number of benzene rings is 1. The Bertz CT molecular complexity index is 481. The number of hydrogen-bond donors (Lipinski definition) is 1. The first-order chi connectivity index (χ1) is 7.63. The molecule has 0 aliphatic carbocycles. The third-order valence-corrected chi connectivity index (χ3v) is 5.11. The Hall–Kier alpha value is -0.140. The number of nitrogens with two attached hydrogens (primary N) is 1. The highest BCUT2D eigenvalue weighted by Crippen LogP contribution is 2.41. The molecular formula is C10H12Br3N3O. The number of nitrogens with zero attached hydrogens (tertiary/aromatic N) is 2. The number of halogens is 3. The van der Waals surface area contributed by atoms with Crippen molar-refractivity contribution in [1.82, 2.24) is 0 Å². The maximum Gasteiger partial charge on any atom is 0.269 e. The summed E-state index contributed by atoms with van der Waals surface area (Å²) in [4.78, 5) is 0.553. The number of azo groups is 1. The van der Waals surface area contributed by atoms with Crippen LogP contribution in [0.5, 0.6) is 0 Å². The summed E-state index contributed by atoms with van der Waals surface area (Å²) in [5.74, 6) is 0. The molecule has 0 unspecified atom stereocenters. The van der Waals surface area contributed by atoms with E-state index >= 15 is 0 Å². The lowest BCUT2D eigenvalue weighted by Crippen LogP contribution is -2.13. The molecule has 0 aromatic heterocycles. The van der Waals surface area contributed by atoms with Crippen molar-refractivity contribution in [2.45, 2.75) is 26.3 Å². The molecule has 0 radical (unpaired) electrons. The van der Waals surface area contributed by atoms with Crippen LogP contribution in [0.15, 0.2) is 24.6 Å².